The van der Waals surface area contributed by atoms with Crippen molar-refractivity contribution >= 4 is 52.6 Å². The molecule has 0 aliphatic rings. The van der Waals surface area contributed by atoms with Crippen LogP contribution >= 0.6 is 36.7 Å². The summed E-state index contributed by atoms with van der Waals surface area (Å²) < 4.78 is 6.31. The van der Waals surface area contributed by atoms with Crippen molar-refractivity contribution in [3.05, 3.63) is 113 Å². The molecule has 158 valence electrons. The Morgan fingerprint density at radius 1 is 0.742 bits per heavy atom. The van der Waals surface area contributed by atoms with Gasteiger partial charge in [-0.2, -0.15) is 0 Å². The monoisotopic (exact) mass is 556 g/mol. The van der Waals surface area contributed by atoms with Gasteiger partial charge in [-0.1, -0.05) is 0 Å². The van der Waals surface area contributed by atoms with Crippen molar-refractivity contribution in [3.8, 4) is 11.5 Å². The number of hydrogen-bond acceptors (Lipinski definition) is 2. The normalized spacial score (nSPS) is 12.7. The molecule has 1 N–H and O–H groups in total. The molecular formula is C26H23Br2O2P. The summed E-state index contributed by atoms with van der Waals surface area (Å²) in [6, 6.07) is 35.4. The van der Waals surface area contributed by atoms with E-state index in [2.05, 4.69) is 104 Å². The third-order valence-electron chi connectivity index (χ3n) is 5.69. The molecule has 0 amide bonds. The fourth-order valence-corrected chi connectivity index (χ4v) is 12.3. The SMILES string of the molecule is COc1cc(Br)cc(CP(Br)(c2ccccc2)(c2ccccc2)c2ccccc2)c1O. The van der Waals surface area contributed by atoms with Crippen LogP contribution < -0.4 is 20.7 Å². The second kappa shape index (κ2) is 8.78. The van der Waals surface area contributed by atoms with Crippen LogP contribution in [0.2, 0.25) is 0 Å². The molecule has 0 radical (unpaired) electrons. The Labute approximate surface area is 199 Å². The van der Waals surface area contributed by atoms with E-state index in [-0.39, 0.29) is 5.75 Å². The summed E-state index contributed by atoms with van der Waals surface area (Å²) in [5.41, 5.74) is 0.817. The molecule has 0 aromatic heterocycles. The zero-order valence-electron chi connectivity index (χ0n) is 17.1. The molecule has 0 heterocycles. The van der Waals surface area contributed by atoms with Crippen LogP contribution in [-0.2, 0) is 6.16 Å². The molecule has 0 aliphatic carbocycles. The second-order valence-electron chi connectivity index (χ2n) is 7.46. The molecule has 2 nitrogen and oxygen atoms in total. The molecular weight excluding hydrogens is 535 g/mol. The van der Waals surface area contributed by atoms with E-state index < -0.39 is 5.31 Å². The maximum absolute atomic E-state index is 11.1. The van der Waals surface area contributed by atoms with Crippen molar-refractivity contribution in [2.45, 2.75) is 6.16 Å². The number of benzene rings is 4. The summed E-state index contributed by atoms with van der Waals surface area (Å²) in [7, 11) is 1.57. The molecule has 5 heteroatoms. The second-order valence-corrected chi connectivity index (χ2v) is 17.3. The molecule has 0 aliphatic heterocycles. The molecule has 4 aromatic rings. The number of rotatable bonds is 6. The first-order valence-electron chi connectivity index (χ1n) is 9.92. The molecule has 0 saturated carbocycles. The average molecular weight is 558 g/mol. The van der Waals surface area contributed by atoms with E-state index in [1.807, 2.05) is 24.3 Å². The van der Waals surface area contributed by atoms with E-state index in [9.17, 15) is 5.11 Å². The quantitative estimate of drug-likeness (QED) is 0.274. The van der Waals surface area contributed by atoms with E-state index in [1.54, 1.807) is 13.2 Å². The van der Waals surface area contributed by atoms with Crippen molar-refractivity contribution in [3.63, 3.8) is 0 Å². The fourth-order valence-electron chi connectivity index (χ4n) is 4.16. The molecule has 4 rings (SSSR count). The van der Waals surface area contributed by atoms with Gasteiger partial charge < -0.3 is 0 Å². The molecule has 0 fully saturated rings. The summed E-state index contributed by atoms with van der Waals surface area (Å²) in [5, 5.41) is 11.5. The summed E-state index contributed by atoms with van der Waals surface area (Å²) in [4.78, 5) is 0. The Balaban J connectivity index is 2.11. The number of hydrogen-bond donors (Lipinski definition) is 1. The third kappa shape index (κ3) is 3.82. The Hall–Kier alpha value is -2.13. The van der Waals surface area contributed by atoms with Crippen LogP contribution in [0.3, 0.4) is 0 Å². The molecule has 0 saturated heterocycles. The fraction of sp³-hybridized carbons (Fsp3) is 0.0769. The Morgan fingerprint density at radius 3 is 1.55 bits per heavy atom. The van der Waals surface area contributed by atoms with Crippen LogP contribution in [0.4, 0.5) is 0 Å². The van der Waals surface area contributed by atoms with E-state index in [4.69, 9.17) is 4.74 Å². The van der Waals surface area contributed by atoms with E-state index in [0.717, 1.165) is 10.0 Å². The Bertz CT molecular complexity index is 1080. The maximum atomic E-state index is 11.1. The van der Waals surface area contributed by atoms with Crippen LogP contribution in [0.5, 0.6) is 11.5 Å². The predicted molar refractivity (Wildman–Crippen MR) is 140 cm³/mol. The standard InChI is InChI=1S/C26H23Br2O2P/c1-30-25-18-21(27)17-20(26(25)29)19-31(28,22-11-5-2-6-12-22,23-13-7-3-8-14-23)24-15-9-4-10-16-24/h2-18,29H,19H2,1H3. The van der Waals surface area contributed by atoms with Crippen LogP contribution in [-0.4, -0.2) is 12.2 Å². The molecule has 0 spiro atoms. The van der Waals surface area contributed by atoms with Gasteiger partial charge in [-0.3, -0.25) is 0 Å². The van der Waals surface area contributed by atoms with Crippen molar-refractivity contribution in [1.82, 2.24) is 0 Å². The van der Waals surface area contributed by atoms with Gasteiger partial charge in [0.2, 0.25) is 0 Å². The minimum absolute atomic E-state index is 0.168. The first kappa shape index (κ1) is 22.1. The number of phenols is 1. The van der Waals surface area contributed by atoms with Gasteiger partial charge >= 0.3 is 200 Å². The zero-order valence-corrected chi connectivity index (χ0v) is 21.1. The zero-order chi connectivity index (χ0) is 21.9. The van der Waals surface area contributed by atoms with Crippen LogP contribution in [0.15, 0.2) is 108 Å². The van der Waals surface area contributed by atoms with Gasteiger partial charge in [0.05, 0.1) is 0 Å². The number of phenolic OH excluding ortho intramolecular Hbond substituents is 1. The summed E-state index contributed by atoms with van der Waals surface area (Å²) in [6.45, 7) is 0. The summed E-state index contributed by atoms with van der Waals surface area (Å²) in [5.74, 6) is 0.623. The molecule has 0 bridgehead atoms. The molecule has 4 aromatic carbocycles. The van der Waals surface area contributed by atoms with Gasteiger partial charge in [0.15, 0.2) is 0 Å². The van der Waals surface area contributed by atoms with E-state index >= 15 is 0 Å². The predicted octanol–water partition coefficient (Wildman–Crippen LogP) is 6.50. The van der Waals surface area contributed by atoms with Crippen molar-refractivity contribution in [2.75, 3.05) is 7.11 Å². The van der Waals surface area contributed by atoms with Crippen LogP contribution in [0.1, 0.15) is 5.56 Å². The molecule has 31 heavy (non-hydrogen) atoms. The first-order chi connectivity index (χ1) is 15.0. The van der Waals surface area contributed by atoms with Crippen molar-refractivity contribution in [2.24, 2.45) is 0 Å². The number of ether oxygens (including phenoxy) is 1. The Morgan fingerprint density at radius 2 is 1.16 bits per heavy atom. The number of methoxy groups -OCH3 is 1. The van der Waals surface area contributed by atoms with Crippen molar-refractivity contribution < 1.29 is 9.84 Å². The number of halogens is 2. The van der Waals surface area contributed by atoms with Gasteiger partial charge in [-0.25, -0.2) is 0 Å². The van der Waals surface area contributed by atoms with Gasteiger partial charge in [0.1, 0.15) is 0 Å². The first-order valence-corrected chi connectivity index (χ1v) is 15.2. The third-order valence-corrected chi connectivity index (χ3v) is 15.6. The average Bonchev–Trinajstić information content (AvgIpc) is 2.83. The van der Waals surface area contributed by atoms with Crippen LogP contribution in [0.25, 0.3) is 0 Å². The summed E-state index contributed by atoms with van der Waals surface area (Å²) >= 11 is 8.01. The minimum atomic E-state index is -3.20. The van der Waals surface area contributed by atoms with Gasteiger partial charge in [-0.15, -0.1) is 0 Å². The topological polar surface area (TPSA) is 29.5 Å². The van der Waals surface area contributed by atoms with E-state index in [0.29, 0.717) is 11.9 Å². The van der Waals surface area contributed by atoms with Gasteiger partial charge in [0.25, 0.3) is 0 Å². The van der Waals surface area contributed by atoms with Gasteiger partial charge in [0, 0.05) is 0 Å². The Kier molecular flexibility index (Phi) is 6.25. The van der Waals surface area contributed by atoms with Gasteiger partial charge in [-0.05, 0) is 0 Å². The van der Waals surface area contributed by atoms with Crippen LogP contribution in [0, 0.1) is 0 Å². The molecule has 0 unspecified atom stereocenters. The number of aromatic hydroxyl groups is 1. The molecule has 0 atom stereocenters. The van der Waals surface area contributed by atoms with Crippen molar-refractivity contribution in [1.29, 1.82) is 0 Å². The summed E-state index contributed by atoms with van der Waals surface area (Å²) in [6.07, 6.45) is 0.589. The van der Waals surface area contributed by atoms with E-state index in [1.165, 1.54) is 15.9 Å².